The molecular formula is C33H36N2O5. The fourth-order valence-electron chi connectivity index (χ4n) is 5.18. The normalized spacial score (nSPS) is 15.0. The van der Waals surface area contributed by atoms with Crippen molar-refractivity contribution in [3.05, 3.63) is 89.5 Å². The molecule has 1 saturated carbocycles. The van der Waals surface area contributed by atoms with Crippen molar-refractivity contribution in [3.63, 3.8) is 0 Å². The first kappa shape index (κ1) is 27.5. The first-order chi connectivity index (χ1) is 19.5. The van der Waals surface area contributed by atoms with Gasteiger partial charge in [0.05, 0.1) is 13.7 Å². The molecule has 2 aliphatic rings. The Kier molecular flexibility index (Phi) is 8.81. The number of hydrogen-bond donors (Lipinski definition) is 2. The highest BCUT2D eigenvalue weighted by Crippen LogP contribution is 2.35. The number of amides is 1. The van der Waals surface area contributed by atoms with Crippen LogP contribution in [0.15, 0.2) is 78.4 Å². The van der Waals surface area contributed by atoms with Crippen LogP contribution >= 0.6 is 0 Å². The number of nitrogens with one attached hydrogen (secondary N) is 1. The van der Waals surface area contributed by atoms with Gasteiger partial charge in [0.15, 0.2) is 0 Å². The number of carboxylic acids is 1. The molecule has 0 unspecified atom stereocenters. The van der Waals surface area contributed by atoms with Crippen molar-refractivity contribution in [2.75, 3.05) is 26.8 Å². The zero-order valence-electron chi connectivity index (χ0n) is 22.9. The zero-order chi connectivity index (χ0) is 27.9. The Hall–Kier alpha value is -4.10. The molecule has 208 valence electrons. The van der Waals surface area contributed by atoms with Crippen LogP contribution in [0, 0.1) is 0 Å². The minimum Gasteiger partial charge on any atom is -0.497 e. The van der Waals surface area contributed by atoms with Gasteiger partial charge in [-0.15, -0.1) is 0 Å². The molecule has 1 aliphatic carbocycles. The summed E-state index contributed by atoms with van der Waals surface area (Å²) in [4.78, 5) is 27.0. The molecule has 1 aliphatic heterocycles. The third kappa shape index (κ3) is 6.90. The first-order valence-corrected chi connectivity index (χ1v) is 13.9. The van der Waals surface area contributed by atoms with Crippen LogP contribution in [0.5, 0.6) is 11.5 Å². The largest absolute Gasteiger partial charge is 0.497 e. The lowest BCUT2D eigenvalue weighted by Crippen LogP contribution is -2.39. The molecule has 7 heteroatoms. The van der Waals surface area contributed by atoms with Crippen LogP contribution in [0.25, 0.3) is 16.7 Å². The molecule has 0 spiro atoms. The van der Waals surface area contributed by atoms with E-state index >= 15 is 0 Å². The number of aliphatic carboxylic acids is 1. The molecule has 1 fully saturated rings. The molecule has 0 aromatic heterocycles. The molecule has 40 heavy (non-hydrogen) atoms. The molecule has 0 saturated heterocycles. The van der Waals surface area contributed by atoms with Gasteiger partial charge < -0.3 is 24.8 Å². The van der Waals surface area contributed by atoms with E-state index in [9.17, 15) is 9.59 Å². The monoisotopic (exact) mass is 540 g/mol. The van der Waals surface area contributed by atoms with E-state index in [1.54, 1.807) is 13.2 Å². The van der Waals surface area contributed by atoms with Crippen LogP contribution < -0.4 is 14.8 Å². The van der Waals surface area contributed by atoms with Crippen LogP contribution in [0.3, 0.4) is 0 Å². The van der Waals surface area contributed by atoms with Crippen molar-refractivity contribution in [3.8, 4) is 22.6 Å². The SMILES string of the molecule is COc1cc(CN(C(=O)C2=C(c3cccc(-c4ccccc4)c3)CCNC2)C2CC2)cc(OCCCC(=O)O)c1. The summed E-state index contributed by atoms with van der Waals surface area (Å²) in [6, 6.07) is 24.7. The Bertz CT molecular complexity index is 1380. The Labute approximate surface area is 235 Å². The van der Waals surface area contributed by atoms with Crippen molar-refractivity contribution in [2.24, 2.45) is 0 Å². The third-order valence-corrected chi connectivity index (χ3v) is 7.37. The fraction of sp³-hybridized carbons (Fsp3) is 0.333. The molecule has 1 amide bonds. The van der Waals surface area contributed by atoms with Crippen LogP contribution in [0.4, 0.5) is 0 Å². The van der Waals surface area contributed by atoms with Gasteiger partial charge in [-0.1, -0.05) is 48.5 Å². The summed E-state index contributed by atoms with van der Waals surface area (Å²) in [6.07, 6.45) is 3.26. The maximum absolute atomic E-state index is 14.1. The maximum Gasteiger partial charge on any atom is 0.303 e. The molecule has 2 N–H and O–H groups in total. The highest BCUT2D eigenvalue weighted by molar-refractivity contribution is 6.02. The summed E-state index contributed by atoms with van der Waals surface area (Å²) in [6.45, 7) is 2.13. The third-order valence-electron chi connectivity index (χ3n) is 7.37. The van der Waals surface area contributed by atoms with E-state index in [1.807, 2.05) is 35.2 Å². The molecule has 5 rings (SSSR count). The number of rotatable bonds is 12. The predicted octanol–water partition coefficient (Wildman–Crippen LogP) is 5.54. The Morgan fingerprint density at radius 1 is 0.950 bits per heavy atom. The lowest BCUT2D eigenvalue weighted by molar-refractivity contribution is -0.137. The molecule has 7 nitrogen and oxygen atoms in total. The van der Waals surface area contributed by atoms with Crippen LogP contribution in [0.1, 0.15) is 43.2 Å². The Balaban J connectivity index is 1.40. The van der Waals surface area contributed by atoms with E-state index in [-0.39, 0.29) is 18.4 Å². The van der Waals surface area contributed by atoms with Crippen LogP contribution in [-0.4, -0.2) is 54.7 Å². The topological polar surface area (TPSA) is 88.1 Å². The average molecular weight is 541 g/mol. The fourth-order valence-corrected chi connectivity index (χ4v) is 5.18. The summed E-state index contributed by atoms with van der Waals surface area (Å²) >= 11 is 0. The highest BCUT2D eigenvalue weighted by Gasteiger charge is 2.35. The minimum atomic E-state index is -0.841. The summed E-state index contributed by atoms with van der Waals surface area (Å²) in [5.74, 6) is 0.485. The zero-order valence-corrected chi connectivity index (χ0v) is 22.9. The Morgan fingerprint density at radius 2 is 1.70 bits per heavy atom. The van der Waals surface area contributed by atoms with Gasteiger partial charge in [-0.3, -0.25) is 9.59 Å². The van der Waals surface area contributed by atoms with Gasteiger partial charge in [-0.2, -0.15) is 0 Å². The number of ether oxygens (including phenoxy) is 2. The van der Waals surface area contributed by atoms with Crippen molar-refractivity contribution >= 4 is 17.4 Å². The van der Waals surface area contributed by atoms with E-state index in [2.05, 4.69) is 41.7 Å². The molecule has 0 radical (unpaired) electrons. The van der Waals surface area contributed by atoms with E-state index < -0.39 is 5.97 Å². The van der Waals surface area contributed by atoms with Crippen molar-refractivity contribution < 1.29 is 24.2 Å². The van der Waals surface area contributed by atoms with Gasteiger partial charge in [0, 0.05) is 37.2 Å². The second-order valence-electron chi connectivity index (χ2n) is 10.4. The van der Waals surface area contributed by atoms with Crippen molar-refractivity contribution in [2.45, 2.75) is 44.7 Å². The summed E-state index contributed by atoms with van der Waals surface area (Å²) in [5, 5.41) is 12.3. The molecule has 1 heterocycles. The maximum atomic E-state index is 14.1. The number of methoxy groups -OCH3 is 1. The number of carboxylic acid groups (broad SMARTS) is 1. The lowest BCUT2D eigenvalue weighted by Gasteiger charge is -2.28. The predicted molar refractivity (Wildman–Crippen MR) is 155 cm³/mol. The summed E-state index contributed by atoms with van der Waals surface area (Å²) in [7, 11) is 1.60. The van der Waals surface area contributed by atoms with Gasteiger partial charge in [0.1, 0.15) is 11.5 Å². The summed E-state index contributed by atoms with van der Waals surface area (Å²) < 4.78 is 11.3. The van der Waals surface area contributed by atoms with Crippen molar-refractivity contribution in [1.29, 1.82) is 0 Å². The number of carbonyl (C=O) groups is 2. The van der Waals surface area contributed by atoms with E-state index in [4.69, 9.17) is 14.6 Å². The molecular weight excluding hydrogens is 504 g/mol. The smallest absolute Gasteiger partial charge is 0.303 e. The number of hydrogen-bond acceptors (Lipinski definition) is 5. The number of nitrogens with zero attached hydrogens (tertiary/aromatic N) is 1. The number of benzene rings is 3. The standard InChI is InChI=1S/C33H36N2O5/c1-39-28-17-23(18-29(20-28)40-16-6-11-32(36)37)22-35(27-12-13-27)33(38)31-21-34-15-14-30(31)26-10-5-9-25(19-26)24-7-3-2-4-8-24/h2-5,7-10,17-20,27,34H,6,11-16,21-22H2,1H3,(H,36,37). The van der Waals surface area contributed by atoms with E-state index in [0.29, 0.717) is 37.6 Å². The van der Waals surface area contributed by atoms with Crippen molar-refractivity contribution in [1.82, 2.24) is 10.2 Å². The average Bonchev–Trinajstić information content (AvgIpc) is 3.84. The van der Waals surface area contributed by atoms with Gasteiger partial charge in [0.2, 0.25) is 0 Å². The molecule has 0 bridgehead atoms. The highest BCUT2D eigenvalue weighted by atomic mass is 16.5. The van der Waals surface area contributed by atoms with Gasteiger partial charge in [0.25, 0.3) is 5.91 Å². The van der Waals surface area contributed by atoms with E-state index in [1.165, 1.54) is 0 Å². The number of carbonyl (C=O) groups excluding carboxylic acids is 1. The Morgan fingerprint density at radius 3 is 2.45 bits per heavy atom. The first-order valence-electron chi connectivity index (χ1n) is 13.9. The molecule has 3 aromatic carbocycles. The van der Waals surface area contributed by atoms with Crippen LogP contribution in [-0.2, 0) is 16.1 Å². The quantitative estimate of drug-likeness (QED) is 0.293. The minimum absolute atomic E-state index is 0.0561. The van der Waals surface area contributed by atoms with Gasteiger partial charge in [-0.05, 0) is 78.3 Å². The van der Waals surface area contributed by atoms with Crippen LogP contribution in [0.2, 0.25) is 0 Å². The summed E-state index contributed by atoms with van der Waals surface area (Å²) in [5.41, 5.74) is 6.26. The lowest BCUT2D eigenvalue weighted by atomic mass is 9.91. The molecule has 0 atom stereocenters. The molecule has 3 aromatic rings. The second kappa shape index (κ2) is 12.8. The van der Waals surface area contributed by atoms with E-state index in [0.717, 1.165) is 59.2 Å². The van der Waals surface area contributed by atoms with Gasteiger partial charge >= 0.3 is 5.97 Å². The van der Waals surface area contributed by atoms with Gasteiger partial charge in [-0.25, -0.2) is 0 Å². The second-order valence-corrected chi connectivity index (χ2v) is 10.4.